The van der Waals surface area contributed by atoms with E-state index in [0.717, 1.165) is 35.4 Å². The zero-order valence-corrected chi connectivity index (χ0v) is 19.3. The molecule has 6 heteroatoms. The molecule has 1 saturated carbocycles. The summed E-state index contributed by atoms with van der Waals surface area (Å²) in [6.07, 6.45) is 2.02. The van der Waals surface area contributed by atoms with Gasteiger partial charge in [0.2, 0.25) is 5.88 Å². The van der Waals surface area contributed by atoms with Crippen LogP contribution in [-0.2, 0) is 13.6 Å². The number of rotatable bonds is 8. The molecule has 0 unspecified atom stereocenters. The van der Waals surface area contributed by atoms with Crippen LogP contribution in [0.15, 0.2) is 84.9 Å². The van der Waals surface area contributed by atoms with E-state index < -0.39 is 0 Å². The van der Waals surface area contributed by atoms with Gasteiger partial charge in [-0.25, -0.2) is 4.68 Å². The molecular weight excluding hydrogens is 426 g/mol. The van der Waals surface area contributed by atoms with Crippen LogP contribution in [0.4, 0.5) is 0 Å². The smallest absolute Gasteiger partial charge is 0.254 e. The van der Waals surface area contributed by atoms with E-state index in [9.17, 15) is 4.79 Å². The van der Waals surface area contributed by atoms with Gasteiger partial charge < -0.3 is 14.4 Å². The van der Waals surface area contributed by atoms with Crippen LogP contribution >= 0.6 is 0 Å². The highest BCUT2D eigenvalue weighted by molar-refractivity contribution is 5.94. The standard InChI is InChI=1S/C28H27N3O3/c1-30-28(34-24-17-15-23(33-2)16-18-24)25(26(29-30)20-9-5-3-6-10-20)19-31(22-13-14-22)27(32)21-11-7-4-8-12-21/h3-12,15-18,22H,13-14,19H2,1-2H3. The summed E-state index contributed by atoms with van der Waals surface area (Å²) in [7, 11) is 3.51. The van der Waals surface area contributed by atoms with Crippen molar-refractivity contribution in [2.75, 3.05) is 7.11 Å². The van der Waals surface area contributed by atoms with Crippen molar-refractivity contribution in [3.8, 4) is 28.6 Å². The lowest BCUT2D eigenvalue weighted by Crippen LogP contribution is -2.32. The Morgan fingerprint density at radius 2 is 1.56 bits per heavy atom. The van der Waals surface area contributed by atoms with E-state index in [4.69, 9.17) is 14.6 Å². The van der Waals surface area contributed by atoms with Gasteiger partial charge in [-0.3, -0.25) is 4.79 Å². The molecule has 5 rings (SSSR count). The minimum Gasteiger partial charge on any atom is -0.497 e. The summed E-state index contributed by atoms with van der Waals surface area (Å²) in [6, 6.07) is 27.2. The first kappa shape index (κ1) is 21.8. The van der Waals surface area contributed by atoms with Gasteiger partial charge in [-0.2, -0.15) is 5.10 Å². The third kappa shape index (κ3) is 4.53. The normalized spacial score (nSPS) is 12.9. The predicted molar refractivity (Wildman–Crippen MR) is 131 cm³/mol. The lowest BCUT2D eigenvalue weighted by atomic mass is 10.1. The van der Waals surface area contributed by atoms with Gasteiger partial charge in [0.1, 0.15) is 17.2 Å². The Bertz CT molecular complexity index is 1260. The first-order valence-corrected chi connectivity index (χ1v) is 11.4. The number of amides is 1. The van der Waals surface area contributed by atoms with E-state index in [0.29, 0.717) is 23.7 Å². The highest BCUT2D eigenvalue weighted by atomic mass is 16.5. The van der Waals surface area contributed by atoms with E-state index in [1.165, 1.54) is 0 Å². The fraction of sp³-hybridized carbons (Fsp3) is 0.214. The van der Waals surface area contributed by atoms with Crippen LogP contribution in [0.1, 0.15) is 28.8 Å². The van der Waals surface area contributed by atoms with Gasteiger partial charge in [-0.05, 0) is 49.2 Å². The molecule has 1 fully saturated rings. The van der Waals surface area contributed by atoms with Gasteiger partial charge in [0.15, 0.2) is 0 Å². The van der Waals surface area contributed by atoms with E-state index in [1.54, 1.807) is 11.8 Å². The SMILES string of the molecule is COc1ccc(Oc2c(CN(C(=O)c3ccccc3)C3CC3)c(-c3ccccc3)nn2C)cc1. The average Bonchev–Trinajstić information content (AvgIpc) is 3.69. The summed E-state index contributed by atoms with van der Waals surface area (Å²) < 4.78 is 13.4. The van der Waals surface area contributed by atoms with Gasteiger partial charge in [-0.15, -0.1) is 0 Å². The molecule has 1 aliphatic rings. The van der Waals surface area contributed by atoms with Crippen LogP contribution in [-0.4, -0.2) is 33.7 Å². The molecule has 0 atom stereocenters. The van der Waals surface area contributed by atoms with Crippen molar-refractivity contribution in [3.05, 3.63) is 96.1 Å². The number of hydrogen-bond donors (Lipinski definition) is 0. The zero-order valence-electron chi connectivity index (χ0n) is 19.3. The number of carbonyl (C=O) groups is 1. The van der Waals surface area contributed by atoms with Crippen LogP contribution < -0.4 is 9.47 Å². The molecule has 0 N–H and O–H groups in total. The minimum absolute atomic E-state index is 0.0290. The van der Waals surface area contributed by atoms with Crippen LogP contribution in [0.2, 0.25) is 0 Å². The second kappa shape index (κ2) is 9.43. The number of hydrogen-bond acceptors (Lipinski definition) is 4. The molecule has 0 bridgehead atoms. The Hall–Kier alpha value is -4.06. The molecule has 0 aliphatic heterocycles. The van der Waals surface area contributed by atoms with Crippen molar-refractivity contribution in [2.24, 2.45) is 7.05 Å². The first-order valence-electron chi connectivity index (χ1n) is 11.4. The van der Waals surface area contributed by atoms with Gasteiger partial charge in [-0.1, -0.05) is 48.5 Å². The first-order chi connectivity index (χ1) is 16.6. The fourth-order valence-electron chi connectivity index (χ4n) is 4.08. The van der Waals surface area contributed by atoms with Crippen molar-refractivity contribution in [1.82, 2.24) is 14.7 Å². The molecule has 1 aliphatic carbocycles. The third-order valence-electron chi connectivity index (χ3n) is 6.01. The number of aryl methyl sites for hydroxylation is 1. The van der Waals surface area contributed by atoms with E-state index in [-0.39, 0.29) is 11.9 Å². The quantitative estimate of drug-likeness (QED) is 0.344. The molecular formula is C28H27N3O3. The highest BCUT2D eigenvalue weighted by Gasteiger charge is 2.35. The van der Waals surface area contributed by atoms with E-state index in [1.807, 2.05) is 96.9 Å². The van der Waals surface area contributed by atoms with Gasteiger partial charge >= 0.3 is 0 Å². The molecule has 172 valence electrons. The molecule has 6 nitrogen and oxygen atoms in total. The predicted octanol–water partition coefficient (Wildman–Crippen LogP) is 5.69. The largest absolute Gasteiger partial charge is 0.497 e. The summed E-state index contributed by atoms with van der Waals surface area (Å²) in [4.78, 5) is 15.4. The van der Waals surface area contributed by atoms with Crippen LogP contribution in [0.25, 0.3) is 11.3 Å². The zero-order chi connectivity index (χ0) is 23.5. The van der Waals surface area contributed by atoms with Crippen LogP contribution in [0, 0.1) is 0 Å². The number of ether oxygens (including phenoxy) is 2. The monoisotopic (exact) mass is 453 g/mol. The Morgan fingerprint density at radius 1 is 0.941 bits per heavy atom. The molecule has 1 amide bonds. The summed E-state index contributed by atoms with van der Waals surface area (Å²) in [6.45, 7) is 0.419. The van der Waals surface area contributed by atoms with Crippen LogP contribution in [0.3, 0.4) is 0 Å². The summed E-state index contributed by atoms with van der Waals surface area (Å²) >= 11 is 0. The molecule has 4 aromatic rings. The van der Waals surface area contributed by atoms with Crippen molar-refractivity contribution in [2.45, 2.75) is 25.4 Å². The summed E-state index contributed by atoms with van der Waals surface area (Å²) in [5.74, 6) is 2.09. The molecule has 3 aromatic carbocycles. The molecule has 0 spiro atoms. The summed E-state index contributed by atoms with van der Waals surface area (Å²) in [5, 5.41) is 4.80. The maximum atomic E-state index is 13.5. The molecule has 1 aromatic heterocycles. The van der Waals surface area contributed by atoms with Gasteiger partial charge in [0, 0.05) is 24.2 Å². The Labute approximate surface area is 199 Å². The fourth-order valence-corrected chi connectivity index (χ4v) is 4.08. The highest BCUT2D eigenvalue weighted by Crippen LogP contribution is 2.37. The van der Waals surface area contributed by atoms with Crippen LogP contribution in [0.5, 0.6) is 17.4 Å². The van der Waals surface area contributed by atoms with Gasteiger partial charge in [0.25, 0.3) is 5.91 Å². The number of methoxy groups -OCH3 is 1. The van der Waals surface area contributed by atoms with Gasteiger partial charge in [0.05, 0.1) is 19.2 Å². The maximum absolute atomic E-state index is 13.5. The second-order valence-corrected chi connectivity index (χ2v) is 8.43. The van der Waals surface area contributed by atoms with Crippen molar-refractivity contribution >= 4 is 5.91 Å². The molecule has 1 heterocycles. The third-order valence-corrected chi connectivity index (χ3v) is 6.01. The lowest BCUT2D eigenvalue weighted by molar-refractivity contribution is 0.0729. The topological polar surface area (TPSA) is 56.6 Å². The Kier molecular flexibility index (Phi) is 6.04. The summed E-state index contributed by atoms with van der Waals surface area (Å²) in [5.41, 5.74) is 3.39. The van der Waals surface area contributed by atoms with Crippen molar-refractivity contribution < 1.29 is 14.3 Å². The number of carbonyl (C=O) groups excluding carboxylic acids is 1. The number of benzene rings is 3. The van der Waals surface area contributed by atoms with Crippen molar-refractivity contribution in [1.29, 1.82) is 0 Å². The van der Waals surface area contributed by atoms with E-state index in [2.05, 4.69) is 0 Å². The minimum atomic E-state index is 0.0290. The average molecular weight is 454 g/mol. The lowest BCUT2D eigenvalue weighted by Gasteiger charge is -2.23. The van der Waals surface area contributed by atoms with E-state index >= 15 is 0 Å². The Morgan fingerprint density at radius 3 is 2.18 bits per heavy atom. The maximum Gasteiger partial charge on any atom is 0.254 e. The number of nitrogens with zero attached hydrogens (tertiary/aromatic N) is 3. The number of aromatic nitrogens is 2. The Balaban J connectivity index is 1.54. The molecule has 0 saturated heterocycles. The van der Waals surface area contributed by atoms with Crippen molar-refractivity contribution in [3.63, 3.8) is 0 Å². The second-order valence-electron chi connectivity index (χ2n) is 8.43. The molecule has 0 radical (unpaired) electrons. The molecule has 34 heavy (non-hydrogen) atoms.